The number of H-pyrrole nitrogens is 1. The van der Waals surface area contributed by atoms with Crippen molar-refractivity contribution in [2.24, 2.45) is 0 Å². The number of nitrogens with one attached hydrogen (secondary N) is 1. The van der Waals surface area contributed by atoms with Gasteiger partial charge in [0.25, 0.3) is 11.8 Å². The lowest BCUT2D eigenvalue weighted by atomic mass is 10.0. The Hall–Kier alpha value is -3.88. The van der Waals surface area contributed by atoms with E-state index in [9.17, 15) is 14.4 Å². The van der Waals surface area contributed by atoms with Crippen LogP contribution in [0.3, 0.4) is 0 Å². The van der Waals surface area contributed by atoms with E-state index in [1.165, 1.54) is 24.0 Å². The van der Waals surface area contributed by atoms with Gasteiger partial charge >= 0.3 is 0 Å². The highest BCUT2D eigenvalue weighted by Crippen LogP contribution is 2.26. The third-order valence-corrected chi connectivity index (χ3v) is 6.64. The predicted octanol–water partition coefficient (Wildman–Crippen LogP) is 1.75. The molecule has 0 aliphatic carbocycles. The zero-order chi connectivity index (χ0) is 23.7. The SMILES string of the molecule is CCn1nc(C(=O)N2CCN(c3ccccc3)CC2)c2c1CCN(C(=O)c1ccc(=O)[nH]c1)C2. The number of pyridine rings is 1. The minimum atomic E-state index is -0.248. The second-order valence-corrected chi connectivity index (χ2v) is 8.62. The first-order chi connectivity index (χ1) is 16.5. The number of hydrogen-bond donors (Lipinski definition) is 1. The highest BCUT2D eigenvalue weighted by molar-refractivity contribution is 5.96. The van der Waals surface area contributed by atoms with Crippen LogP contribution in [0.25, 0.3) is 0 Å². The first-order valence-corrected chi connectivity index (χ1v) is 11.7. The third kappa shape index (κ3) is 4.09. The molecule has 1 N–H and O–H groups in total. The molecule has 34 heavy (non-hydrogen) atoms. The van der Waals surface area contributed by atoms with E-state index in [0.29, 0.717) is 50.4 Å². The molecule has 9 nitrogen and oxygen atoms in total. The average molecular weight is 461 g/mol. The molecule has 2 amide bonds. The number of aromatic nitrogens is 3. The van der Waals surface area contributed by atoms with Gasteiger partial charge in [0.05, 0.1) is 12.1 Å². The van der Waals surface area contributed by atoms with Gasteiger partial charge in [-0.05, 0) is 25.1 Å². The molecule has 3 aromatic rings. The van der Waals surface area contributed by atoms with Gasteiger partial charge in [-0.25, -0.2) is 0 Å². The van der Waals surface area contributed by atoms with Crippen LogP contribution in [0.2, 0.25) is 0 Å². The topological polar surface area (TPSA) is 94.5 Å². The largest absolute Gasteiger partial charge is 0.368 e. The smallest absolute Gasteiger partial charge is 0.274 e. The number of rotatable bonds is 4. The zero-order valence-electron chi connectivity index (χ0n) is 19.2. The molecule has 5 rings (SSSR count). The molecular weight excluding hydrogens is 432 g/mol. The van der Waals surface area contributed by atoms with Crippen molar-refractivity contribution >= 4 is 17.5 Å². The Labute approximate surface area is 197 Å². The summed E-state index contributed by atoms with van der Waals surface area (Å²) in [6.45, 7) is 6.34. The number of carbonyl (C=O) groups is 2. The molecule has 0 unspecified atom stereocenters. The molecule has 0 saturated carbocycles. The molecule has 9 heteroatoms. The highest BCUT2D eigenvalue weighted by Gasteiger charge is 2.33. The van der Waals surface area contributed by atoms with Crippen LogP contribution in [0.5, 0.6) is 0 Å². The van der Waals surface area contributed by atoms with Gasteiger partial charge in [-0.15, -0.1) is 0 Å². The van der Waals surface area contributed by atoms with Crippen molar-refractivity contribution in [2.45, 2.75) is 26.4 Å². The normalized spacial score (nSPS) is 15.9. The number of para-hydroxylation sites is 1. The summed E-state index contributed by atoms with van der Waals surface area (Å²) in [6.07, 6.45) is 2.08. The number of nitrogens with zero attached hydrogens (tertiary/aromatic N) is 5. The van der Waals surface area contributed by atoms with Crippen LogP contribution in [0.4, 0.5) is 5.69 Å². The van der Waals surface area contributed by atoms with Crippen LogP contribution < -0.4 is 10.5 Å². The summed E-state index contributed by atoms with van der Waals surface area (Å²) in [5.74, 6) is -0.240. The van der Waals surface area contributed by atoms with E-state index in [-0.39, 0.29) is 17.4 Å². The predicted molar refractivity (Wildman–Crippen MR) is 128 cm³/mol. The fraction of sp³-hybridized carbons (Fsp3) is 0.360. The van der Waals surface area contributed by atoms with E-state index in [2.05, 4.69) is 27.1 Å². The van der Waals surface area contributed by atoms with Gasteiger partial charge in [-0.1, -0.05) is 18.2 Å². The fourth-order valence-corrected chi connectivity index (χ4v) is 4.78. The van der Waals surface area contributed by atoms with Crippen LogP contribution in [0.15, 0.2) is 53.5 Å². The summed E-state index contributed by atoms with van der Waals surface area (Å²) >= 11 is 0. The lowest BCUT2D eigenvalue weighted by Gasteiger charge is -2.36. The molecule has 0 atom stereocenters. The Morgan fingerprint density at radius 3 is 2.38 bits per heavy atom. The molecule has 2 aliphatic heterocycles. The lowest BCUT2D eigenvalue weighted by molar-refractivity contribution is 0.0709. The van der Waals surface area contributed by atoms with Crippen LogP contribution in [0, 0.1) is 0 Å². The summed E-state index contributed by atoms with van der Waals surface area (Å²) in [4.78, 5) is 46.3. The maximum atomic E-state index is 13.5. The van der Waals surface area contributed by atoms with E-state index < -0.39 is 0 Å². The van der Waals surface area contributed by atoms with Crippen LogP contribution >= 0.6 is 0 Å². The van der Waals surface area contributed by atoms with Crippen molar-refractivity contribution in [3.63, 3.8) is 0 Å². The minimum absolute atomic E-state index is 0.0745. The minimum Gasteiger partial charge on any atom is -0.368 e. The van der Waals surface area contributed by atoms with Crippen molar-refractivity contribution in [1.29, 1.82) is 0 Å². The third-order valence-electron chi connectivity index (χ3n) is 6.64. The zero-order valence-corrected chi connectivity index (χ0v) is 19.2. The molecule has 2 aromatic heterocycles. The average Bonchev–Trinajstić information content (AvgIpc) is 3.27. The van der Waals surface area contributed by atoms with Crippen molar-refractivity contribution in [2.75, 3.05) is 37.6 Å². The highest BCUT2D eigenvalue weighted by atomic mass is 16.2. The van der Waals surface area contributed by atoms with Crippen LogP contribution in [0.1, 0.15) is 39.0 Å². The maximum absolute atomic E-state index is 13.5. The summed E-state index contributed by atoms with van der Waals surface area (Å²) in [7, 11) is 0. The van der Waals surface area contributed by atoms with E-state index in [1.807, 2.05) is 34.7 Å². The van der Waals surface area contributed by atoms with E-state index in [4.69, 9.17) is 0 Å². The molecule has 1 saturated heterocycles. The molecule has 1 aromatic carbocycles. The van der Waals surface area contributed by atoms with Gasteiger partial charge in [0.15, 0.2) is 5.69 Å². The monoisotopic (exact) mass is 460 g/mol. The fourth-order valence-electron chi connectivity index (χ4n) is 4.78. The number of amides is 2. The number of piperazine rings is 1. The lowest BCUT2D eigenvalue weighted by Crippen LogP contribution is -2.49. The van der Waals surface area contributed by atoms with Gasteiger partial charge < -0.3 is 19.7 Å². The number of fused-ring (bicyclic) bond motifs is 1. The molecule has 1 fully saturated rings. The number of aromatic amines is 1. The molecule has 0 spiro atoms. The van der Waals surface area contributed by atoms with Gasteiger partial charge in [0.2, 0.25) is 5.56 Å². The molecule has 2 aliphatic rings. The summed E-state index contributed by atoms with van der Waals surface area (Å²) in [6, 6.07) is 13.1. The number of carbonyl (C=O) groups excluding carboxylic acids is 2. The van der Waals surface area contributed by atoms with Crippen LogP contribution in [-0.2, 0) is 19.5 Å². The molecule has 0 radical (unpaired) electrons. The summed E-state index contributed by atoms with van der Waals surface area (Å²) in [5.41, 5.74) is 3.65. The Kier molecular flexibility index (Phi) is 5.91. The van der Waals surface area contributed by atoms with Crippen molar-refractivity contribution in [3.05, 3.63) is 81.5 Å². The van der Waals surface area contributed by atoms with E-state index in [0.717, 1.165) is 24.3 Å². The van der Waals surface area contributed by atoms with Crippen LogP contribution in [-0.4, -0.2) is 69.1 Å². The second kappa shape index (κ2) is 9.17. The molecule has 4 heterocycles. The first-order valence-electron chi connectivity index (χ1n) is 11.7. The maximum Gasteiger partial charge on any atom is 0.274 e. The summed E-state index contributed by atoms with van der Waals surface area (Å²) in [5, 5.41) is 4.67. The first kappa shape index (κ1) is 21.9. The number of aryl methyl sites for hydroxylation is 1. The molecule has 176 valence electrons. The van der Waals surface area contributed by atoms with Crippen molar-refractivity contribution in [3.8, 4) is 0 Å². The van der Waals surface area contributed by atoms with Gasteiger partial charge in [-0.2, -0.15) is 5.10 Å². The van der Waals surface area contributed by atoms with Gasteiger partial charge in [0.1, 0.15) is 0 Å². The Morgan fingerprint density at radius 1 is 0.941 bits per heavy atom. The number of benzene rings is 1. The van der Waals surface area contributed by atoms with E-state index in [1.54, 1.807) is 4.90 Å². The second-order valence-electron chi connectivity index (χ2n) is 8.62. The quantitative estimate of drug-likeness (QED) is 0.640. The Morgan fingerprint density at radius 2 is 1.71 bits per heavy atom. The van der Waals surface area contributed by atoms with Crippen molar-refractivity contribution in [1.82, 2.24) is 24.6 Å². The van der Waals surface area contributed by atoms with E-state index >= 15 is 0 Å². The summed E-state index contributed by atoms with van der Waals surface area (Å²) < 4.78 is 1.89. The Balaban J connectivity index is 1.34. The number of hydrogen-bond acceptors (Lipinski definition) is 5. The Bertz CT molecular complexity index is 1240. The molecule has 0 bridgehead atoms. The standard InChI is InChI=1S/C25H28N6O3/c1-2-31-21-10-11-30(24(33)18-8-9-22(32)26-16-18)17-20(21)23(27-31)25(34)29-14-12-28(13-15-29)19-6-4-3-5-7-19/h3-9,16H,2,10-15,17H2,1H3,(H,26,32). The van der Waals surface area contributed by atoms with Gasteiger partial charge in [-0.3, -0.25) is 19.1 Å². The van der Waals surface area contributed by atoms with Gasteiger partial charge in [0, 0.05) is 74.9 Å². The van der Waals surface area contributed by atoms with Crippen molar-refractivity contribution < 1.29 is 9.59 Å². The number of anilines is 1. The molecular formula is C25H28N6O3.